The zero-order valence-electron chi connectivity index (χ0n) is 30.6. The minimum Gasteiger partial charge on any atom is -0.465 e. The largest absolute Gasteiger partial charge is 0.465 e. The van der Waals surface area contributed by atoms with Crippen molar-refractivity contribution in [3.63, 3.8) is 0 Å². The first-order valence-electron chi connectivity index (χ1n) is 17.4. The molecule has 286 valence electrons. The second kappa shape index (κ2) is 19.0. The zero-order valence-corrected chi connectivity index (χ0v) is 33.8. The number of halogens is 1. The fourth-order valence-corrected chi connectivity index (χ4v) is 8.04. The van der Waals surface area contributed by atoms with Gasteiger partial charge in [-0.3, -0.25) is 19.2 Å². The molecule has 0 fully saturated rings. The molecule has 0 spiro atoms. The molecule has 4 N–H and O–H groups in total. The molecule has 5 aromatic carbocycles. The van der Waals surface area contributed by atoms with Crippen molar-refractivity contribution in [1.29, 1.82) is 0 Å². The first-order valence-corrected chi connectivity index (χ1v) is 19.9. The SMILES string of the molecule is COC(=O)c1c(NC(=O)C(Sc2cccc(NC(=O)/C(=C\c3ccc(Br)cc3)NC(=O)c3ccccc3)c2)c2ccccc2)sc(C(=O)Nc2ccccc2)c1C. The minimum atomic E-state index is -0.829. The summed E-state index contributed by atoms with van der Waals surface area (Å²) < 4.78 is 5.91. The molecular weight excluding hydrogens is 825 g/mol. The van der Waals surface area contributed by atoms with Gasteiger partial charge in [0.05, 0.1) is 17.6 Å². The van der Waals surface area contributed by atoms with Gasteiger partial charge in [-0.25, -0.2) is 4.79 Å². The summed E-state index contributed by atoms with van der Waals surface area (Å²) in [4.78, 5) is 68.4. The molecule has 0 aliphatic rings. The maximum absolute atomic E-state index is 14.2. The number of anilines is 3. The Morgan fingerprint density at radius 3 is 2.02 bits per heavy atom. The van der Waals surface area contributed by atoms with Crippen LogP contribution in [0.25, 0.3) is 6.08 Å². The van der Waals surface area contributed by atoms with Gasteiger partial charge in [0.25, 0.3) is 17.7 Å². The van der Waals surface area contributed by atoms with Crippen LogP contribution in [-0.4, -0.2) is 36.7 Å². The molecule has 0 aliphatic carbocycles. The lowest BCUT2D eigenvalue weighted by molar-refractivity contribution is -0.116. The molecule has 0 saturated heterocycles. The number of methoxy groups -OCH3 is 1. The number of amides is 4. The molecule has 0 bridgehead atoms. The molecule has 6 rings (SSSR count). The van der Waals surface area contributed by atoms with Crippen molar-refractivity contribution in [3.8, 4) is 0 Å². The molecular formula is C44H35BrN4O6S2. The quantitative estimate of drug-likeness (QED) is 0.0515. The van der Waals surface area contributed by atoms with Crippen LogP contribution in [0.4, 0.5) is 16.4 Å². The number of carbonyl (C=O) groups excluding carboxylic acids is 5. The summed E-state index contributed by atoms with van der Waals surface area (Å²) in [6.45, 7) is 1.63. The summed E-state index contributed by atoms with van der Waals surface area (Å²) in [6, 6.07) is 40.9. The van der Waals surface area contributed by atoms with Gasteiger partial charge in [0.2, 0.25) is 5.91 Å². The Hall–Kier alpha value is -6.28. The van der Waals surface area contributed by atoms with E-state index >= 15 is 0 Å². The predicted molar refractivity (Wildman–Crippen MR) is 230 cm³/mol. The number of esters is 1. The number of nitrogens with one attached hydrogen (secondary N) is 4. The van der Waals surface area contributed by atoms with E-state index in [-0.39, 0.29) is 21.1 Å². The van der Waals surface area contributed by atoms with Crippen molar-refractivity contribution in [2.75, 3.05) is 23.1 Å². The summed E-state index contributed by atoms with van der Waals surface area (Å²) in [5.41, 5.74) is 3.23. The molecule has 1 aromatic heterocycles. The zero-order chi connectivity index (χ0) is 40.3. The lowest BCUT2D eigenvalue weighted by Crippen LogP contribution is -2.30. The Kier molecular flexibility index (Phi) is 13.5. The average molecular weight is 860 g/mol. The highest BCUT2D eigenvalue weighted by Crippen LogP contribution is 2.40. The molecule has 1 unspecified atom stereocenters. The van der Waals surface area contributed by atoms with E-state index in [4.69, 9.17) is 4.74 Å². The van der Waals surface area contributed by atoms with Crippen LogP contribution in [0, 0.1) is 6.92 Å². The Morgan fingerprint density at radius 1 is 0.719 bits per heavy atom. The standard InChI is InChI=1S/C44H35BrN4O6S2/c1-27-36(44(54)55-2)43(57-37(27)41(52)46-32-17-10-5-11-18-32)49-42(53)38(29-13-6-3-7-14-29)56-34-20-12-19-33(26-34)47-40(51)35(25-28-21-23-31(45)24-22-28)48-39(50)30-15-8-4-9-16-30/h3-26,38H,1-2H3,(H,46,52)(H,47,51)(H,48,50)(H,49,53)/b35-25+. The van der Waals surface area contributed by atoms with E-state index in [1.54, 1.807) is 91.9 Å². The number of hydrogen-bond donors (Lipinski definition) is 4. The van der Waals surface area contributed by atoms with Crippen molar-refractivity contribution in [2.45, 2.75) is 17.1 Å². The van der Waals surface area contributed by atoms with E-state index in [9.17, 15) is 24.0 Å². The number of carbonyl (C=O) groups is 5. The van der Waals surface area contributed by atoms with Gasteiger partial charge >= 0.3 is 5.97 Å². The molecule has 13 heteroatoms. The predicted octanol–water partition coefficient (Wildman–Crippen LogP) is 9.74. The second-order valence-corrected chi connectivity index (χ2v) is 15.5. The van der Waals surface area contributed by atoms with E-state index in [0.717, 1.165) is 15.8 Å². The van der Waals surface area contributed by atoms with Gasteiger partial charge in [-0.2, -0.15) is 0 Å². The van der Waals surface area contributed by atoms with Crippen molar-refractivity contribution in [3.05, 3.63) is 182 Å². The molecule has 4 amide bonds. The maximum atomic E-state index is 14.2. The van der Waals surface area contributed by atoms with Gasteiger partial charge in [0.15, 0.2) is 0 Å². The summed E-state index contributed by atoms with van der Waals surface area (Å²) in [6.07, 6.45) is 1.59. The molecule has 0 radical (unpaired) electrons. The van der Waals surface area contributed by atoms with Crippen molar-refractivity contribution < 1.29 is 28.7 Å². The number of ether oxygens (including phenoxy) is 1. The first-order chi connectivity index (χ1) is 27.6. The molecule has 0 saturated carbocycles. The second-order valence-electron chi connectivity index (χ2n) is 12.4. The fourth-order valence-electron chi connectivity index (χ4n) is 5.60. The van der Waals surface area contributed by atoms with Crippen LogP contribution in [0.1, 0.15) is 52.3 Å². The van der Waals surface area contributed by atoms with E-state index in [1.165, 1.54) is 18.9 Å². The lowest BCUT2D eigenvalue weighted by atomic mass is 10.1. The highest BCUT2D eigenvalue weighted by molar-refractivity contribution is 9.10. The third kappa shape index (κ3) is 10.5. The van der Waals surface area contributed by atoms with Crippen LogP contribution in [0.5, 0.6) is 0 Å². The summed E-state index contributed by atoms with van der Waals surface area (Å²) in [5.74, 6) is -2.59. The molecule has 6 aromatic rings. The highest BCUT2D eigenvalue weighted by atomic mass is 79.9. The maximum Gasteiger partial charge on any atom is 0.341 e. The highest BCUT2D eigenvalue weighted by Gasteiger charge is 2.30. The fraction of sp³-hybridized carbons (Fsp3) is 0.0682. The smallest absolute Gasteiger partial charge is 0.341 e. The summed E-state index contributed by atoms with van der Waals surface area (Å²) in [5, 5.41) is 10.7. The normalized spacial score (nSPS) is 11.5. The minimum absolute atomic E-state index is 0.0234. The van der Waals surface area contributed by atoms with Gasteiger partial charge in [-0.05, 0) is 84.3 Å². The number of thiophene rings is 1. The third-order valence-electron chi connectivity index (χ3n) is 8.41. The Bertz CT molecular complexity index is 2440. The van der Waals surface area contributed by atoms with Crippen molar-refractivity contribution >= 4 is 91.1 Å². The van der Waals surface area contributed by atoms with Gasteiger partial charge in [-0.15, -0.1) is 23.1 Å². The summed E-state index contributed by atoms with van der Waals surface area (Å²) >= 11 is 5.63. The number of rotatable bonds is 13. The van der Waals surface area contributed by atoms with Crippen molar-refractivity contribution in [1.82, 2.24) is 5.32 Å². The molecule has 57 heavy (non-hydrogen) atoms. The Labute approximate surface area is 345 Å². The number of benzene rings is 5. The van der Waals surface area contributed by atoms with Gasteiger partial charge in [0.1, 0.15) is 15.9 Å². The van der Waals surface area contributed by atoms with Crippen LogP contribution in [0.15, 0.2) is 155 Å². The van der Waals surface area contributed by atoms with E-state index < -0.39 is 34.8 Å². The number of hydrogen-bond acceptors (Lipinski definition) is 8. The Morgan fingerprint density at radius 2 is 1.35 bits per heavy atom. The van der Waals surface area contributed by atoms with Gasteiger partial charge in [-0.1, -0.05) is 101 Å². The number of thioether (sulfide) groups is 1. The monoisotopic (exact) mass is 858 g/mol. The van der Waals surface area contributed by atoms with E-state index in [2.05, 4.69) is 37.2 Å². The number of para-hydroxylation sites is 1. The van der Waals surface area contributed by atoms with E-state index in [0.29, 0.717) is 38.5 Å². The van der Waals surface area contributed by atoms with Crippen LogP contribution < -0.4 is 21.3 Å². The van der Waals surface area contributed by atoms with Gasteiger partial charge in [0, 0.05) is 26.3 Å². The Balaban J connectivity index is 1.25. The van der Waals surface area contributed by atoms with Crippen molar-refractivity contribution in [2.24, 2.45) is 0 Å². The first kappa shape index (κ1) is 40.4. The lowest BCUT2D eigenvalue weighted by Gasteiger charge is -2.18. The average Bonchev–Trinajstić information content (AvgIpc) is 3.56. The molecule has 1 atom stereocenters. The van der Waals surface area contributed by atoms with Crippen LogP contribution in [-0.2, 0) is 14.3 Å². The molecule has 1 heterocycles. The van der Waals surface area contributed by atoms with Gasteiger partial charge < -0.3 is 26.0 Å². The van der Waals surface area contributed by atoms with E-state index in [1.807, 2.05) is 60.7 Å². The van der Waals surface area contributed by atoms with Crippen LogP contribution in [0.3, 0.4) is 0 Å². The third-order valence-corrected chi connectivity index (χ3v) is 11.4. The van der Waals surface area contributed by atoms with Crippen LogP contribution in [0.2, 0.25) is 0 Å². The summed E-state index contributed by atoms with van der Waals surface area (Å²) in [7, 11) is 1.24. The topological polar surface area (TPSA) is 143 Å². The molecule has 10 nitrogen and oxygen atoms in total. The van der Waals surface area contributed by atoms with Crippen LogP contribution >= 0.6 is 39.0 Å². The molecule has 0 aliphatic heterocycles.